The molecule has 30 heavy (non-hydrogen) atoms. The Morgan fingerprint density at radius 2 is 1.70 bits per heavy atom. The summed E-state index contributed by atoms with van der Waals surface area (Å²) in [4.78, 5) is 38.7. The molecule has 0 bridgehead atoms. The van der Waals surface area contributed by atoms with Gasteiger partial charge in [0.15, 0.2) is 6.54 Å². The van der Waals surface area contributed by atoms with Crippen molar-refractivity contribution in [1.29, 1.82) is 0 Å². The van der Waals surface area contributed by atoms with E-state index in [1.54, 1.807) is 24.0 Å². The van der Waals surface area contributed by atoms with Crippen LogP contribution >= 0.6 is 0 Å². The monoisotopic (exact) mass is 411 g/mol. The molecule has 0 spiro atoms. The van der Waals surface area contributed by atoms with Gasteiger partial charge in [-0.15, -0.1) is 0 Å². The molecule has 0 aliphatic carbocycles. The van der Waals surface area contributed by atoms with Crippen LogP contribution in [0.1, 0.15) is 27.0 Å². The Kier molecular flexibility index (Phi) is 6.47. The maximum Gasteiger partial charge on any atom is 0.279 e. The fraction of sp³-hybridized carbons (Fsp3) is 0.364. The summed E-state index contributed by atoms with van der Waals surface area (Å²) in [6, 6.07) is 10.5. The zero-order valence-electron chi connectivity index (χ0n) is 17.5. The normalized spacial score (nSPS) is 14.4. The van der Waals surface area contributed by atoms with Crippen molar-refractivity contribution in [1.82, 2.24) is 4.90 Å². The van der Waals surface area contributed by atoms with Gasteiger partial charge in [0, 0.05) is 22.9 Å². The highest BCUT2D eigenvalue weighted by Gasteiger charge is 2.27. The lowest BCUT2D eigenvalue weighted by Crippen LogP contribution is -3.15. The SMILES string of the molecule is Cc1ccc(C(=O)N2CC[NH+](CC(=O)Nc3c(C)cccc3C)CC2)cc1[N+](=O)[O-]. The van der Waals surface area contributed by atoms with E-state index in [2.05, 4.69) is 5.32 Å². The topological polar surface area (TPSA) is 97.0 Å². The van der Waals surface area contributed by atoms with E-state index in [1.165, 1.54) is 6.07 Å². The number of nitrogens with zero attached hydrogens (tertiary/aromatic N) is 2. The van der Waals surface area contributed by atoms with Crippen molar-refractivity contribution in [3.8, 4) is 0 Å². The number of amides is 2. The summed E-state index contributed by atoms with van der Waals surface area (Å²) in [7, 11) is 0. The minimum absolute atomic E-state index is 0.0451. The molecule has 0 saturated carbocycles. The minimum Gasteiger partial charge on any atom is -0.327 e. The van der Waals surface area contributed by atoms with E-state index >= 15 is 0 Å². The van der Waals surface area contributed by atoms with Crippen molar-refractivity contribution >= 4 is 23.2 Å². The van der Waals surface area contributed by atoms with Crippen molar-refractivity contribution in [2.45, 2.75) is 20.8 Å². The van der Waals surface area contributed by atoms with E-state index in [0.717, 1.165) is 21.7 Å². The number of nitrogens with one attached hydrogen (secondary N) is 2. The van der Waals surface area contributed by atoms with E-state index in [0.29, 0.717) is 43.9 Å². The van der Waals surface area contributed by atoms with Gasteiger partial charge >= 0.3 is 0 Å². The minimum atomic E-state index is -0.469. The van der Waals surface area contributed by atoms with Crippen LogP contribution in [0.25, 0.3) is 0 Å². The molecular weight excluding hydrogens is 384 g/mol. The number of benzene rings is 2. The lowest BCUT2D eigenvalue weighted by atomic mass is 10.1. The molecule has 8 heteroatoms. The van der Waals surface area contributed by atoms with Gasteiger partial charge in [0.2, 0.25) is 0 Å². The number of piperazine rings is 1. The number of nitro groups is 1. The van der Waals surface area contributed by atoms with Gasteiger partial charge in [-0.25, -0.2) is 0 Å². The Bertz CT molecular complexity index is 961. The van der Waals surface area contributed by atoms with Crippen molar-refractivity contribution in [3.05, 3.63) is 68.8 Å². The summed E-state index contributed by atoms with van der Waals surface area (Å²) in [5.41, 5.74) is 3.72. The second kappa shape index (κ2) is 9.04. The first-order valence-corrected chi connectivity index (χ1v) is 10.00. The van der Waals surface area contributed by atoms with Gasteiger partial charge in [0.05, 0.1) is 31.1 Å². The third-order valence-electron chi connectivity index (χ3n) is 5.57. The fourth-order valence-corrected chi connectivity index (χ4v) is 3.75. The molecule has 0 radical (unpaired) electrons. The van der Waals surface area contributed by atoms with Crippen LogP contribution in [-0.4, -0.2) is 54.4 Å². The van der Waals surface area contributed by atoms with Crippen LogP contribution in [0, 0.1) is 30.9 Å². The molecule has 1 fully saturated rings. The predicted octanol–water partition coefficient (Wildman–Crippen LogP) is 1.50. The molecule has 1 heterocycles. The van der Waals surface area contributed by atoms with Gasteiger partial charge in [-0.05, 0) is 38.0 Å². The highest BCUT2D eigenvalue weighted by Crippen LogP contribution is 2.21. The number of para-hydroxylation sites is 1. The van der Waals surface area contributed by atoms with Gasteiger partial charge in [0.25, 0.3) is 17.5 Å². The number of nitro benzene ring substituents is 1. The van der Waals surface area contributed by atoms with E-state index in [4.69, 9.17) is 0 Å². The first-order valence-electron chi connectivity index (χ1n) is 10.00. The molecule has 158 valence electrons. The van der Waals surface area contributed by atoms with E-state index in [9.17, 15) is 19.7 Å². The molecule has 8 nitrogen and oxygen atoms in total. The van der Waals surface area contributed by atoms with Crippen molar-refractivity contribution in [2.24, 2.45) is 0 Å². The van der Waals surface area contributed by atoms with Gasteiger partial charge in [0.1, 0.15) is 0 Å². The number of rotatable bonds is 5. The number of hydrogen-bond acceptors (Lipinski definition) is 4. The second-order valence-corrected chi connectivity index (χ2v) is 7.79. The molecule has 3 rings (SSSR count). The quantitative estimate of drug-likeness (QED) is 0.576. The standard InChI is InChI=1S/C22H26N4O4/c1-15-7-8-18(13-19(15)26(29)30)22(28)25-11-9-24(10-12-25)14-20(27)23-21-16(2)5-4-6-17(21)3/h4-8,13H,9-12,14H2,1-3H3,(H,23,27)/p+1. The first kappa shape index (κ1) is 21.4. The number of carbonyl (C=O) groups is 2. The molecule has 2 amide bonds. The molecule has 1 saturated heterocycles. The molecule has 2 N–H and O–H groups in total. The number of carbonyl (C=O) groups excluding carboxylic acids is 2. The maximum absolute atomic E-state index is 12.7. The zero-order chi connectivity index (χ0) is 21.8. The third-order valence-corrected chi connectivity index (χ3v) is 5.57. The Labute approximate surface area is 175 Å². The first-order chi connectivity index (χ1) is 14.3. The van der Waals surface area contributed by atoms with Crippen molar-refractivity contribution in [3.63, 3.8) is 0 Å². The smallest absolute Gasteiger partial charge is 0.279 e. The van der Waals surface area contributed by atoms with E-state index in [-0.39, 0.29) is 17.5 Å². The average Bonchev–Trinajstić information content (AvgIpc) is 2.71. The Balaban J connectivity index is 1.56. The molecule has 2 aromatic carbocycles. The molecule has 1 aliphatic rings. The van der Waals surface area contributed by atoms with Gasteiger partial charge in [-0.2, -0.15) is 0 Å². The van der Waals surface area contributed by atoms with Crippen molar-refractivity contribution < 1.29 is 19.4 Å². The summed E-state index contributed by atoms with van der Waals surface area (Å²) in [5, 5.41) is 14.1. The third kappa shape index (κ3) is 4.83. The largest absolute Gasteiger partial charge is 0.327 e. The fourth-order valence-electron chi connectivity index (χ4n) is 3.75. The van der Waals surface area contributed by atoms with Crippen LogP contribution in [-0.2, 0) is 4.79 Å². The molecule has 2 aromatic rings. The number of aryl methyl sites for hydroxylation is 3. The summed E-state index contributed by atoms with van der Waals surface area (Å²) in [6.45, 7) is 8.24. The number of hydrogen-bond donors (Lipinski definition) is 2. The second-order valence-electron chi connectivity index (χ2n) is 7.79. The highest BCUT2D eigenvalue weighted by molar-refractivity contribution is 5.95. The summed E-state index contributed by atoms with van der Waals surface area (Å²) in [5.74, 6) is -0.256. The van der Waals surface area contributed by atoms with E-state index < -0.39 is 4.92 Å². The lowest BCUT2D eigenvalue weighted by molar-refractivity contribution is -0.895. The summed E-state index contributed by atoms with van der Waals surface area (Å²) < 4.78 is 0. The van der Waals surface area contributed by atoms with Gasteiger partial charge in [-0.3, -0.25) is 19.7 Å². The van der Waals surface area contributed by atoms with Crippen molar-refractivity contribution in [2.75, 3.05) is 38.0 Å². The molecule has 0 aromatic heterocycles. The molecule has 0 atom stereocenters. The molecule has 0 unspecified atom stereocenters. The highest BCUT2D eigenvalue weighted by atomic mass is 16.6. The Morgan fingerprint density at radius 3 is 2.30 bits per heavy atom. The van der Waals surface area contributed by atoms with Gasteiger partial charge < -0.3 is 15.1 Å². The van der Waals surface area contributed by atoms with Crippen LogP contribution in [0.5, 0.6) is 0 Å². The predicted molar refractivity (Wildman–Crippen MR) is 114 cm³/mol. The average molecular weight is 411 g/mol. The number of quaternary nitrogens is 1. The van der Waals surface area contributed by atoms with Crippen LogP contribution in [0.2, 0.25) is 0 Å². The number of anilines is 1. The zero-order valence-corrected chi connectivity index (χ0v) is 17.5. The molecular formula is C22H27N4O4+. The Morgan fingerprint density at radius 1 is 1.07 bits per heavy atom. The Hall–Kier alpha value is -3.26. The summed E-state index contributed by atoms with van der Waals surface area (Å²) in [6.07, 6.45) is 0. The maximum atomic E-state index is 12.7. The van der Waals surface area contributed by atoms with Gasteiger partial charge in [-0.1, -0.05) is 24.3 Å². The van der Waals surface area contributed by atoms with Crippen LogP contribution in [0.4, 0.5) is 11.4 Å². The van der Waals surface area contributed by atoms with E-state index in [1.807, 2.05) is 32.0 Å². The van der Waals surface area contributed by atoms with Crippen LogP contribution in [0.15, 0.2) is 36.4 Å². The lowest BCUT2D eigenvalue weighted by Gasteiger charge is -2.32. The van der Waals surface area contributed by atoms with Crippen LogP contribution in [0.3, 0.4) is 0 Å². The van der Waals surface area contributed by atoms with Crippen LogP contribution < -0.4 is 10.2 Å². The summed E-state index contributed by atoms with van der Waals surface area (Å²) >= 11 is 0. The molecule has 1 aliphatic heterocycles.